The van der Waals surface area contributed by atoms with E-state index in [2.05, 4.69) is 55.3 Å². The Morgan fingerprint density at radius 1 is 1.26 bits per heavy atom. The first-order valence-electron chi connectivity index (χ1n) is 7.71. The molecule has 0 saturated heterocycles. The van der Waals surface area contributed by atoms with E-state index in [1.165, 1.54) is 30.5 Å². The Labute approximate surface area is 118 Å². The van der Waals surface area contributed by atoms with E-state index in [0.29, 0.717) is 6.04 Å². The van der Waals surface area contributed by atoms with Gasteiger partial charge in [0, 0.05) is 25.7 Å². The SMILES string of the molecule is CCNCc1cccc(CN(CC2CC2)C(C)C)c1. The monoisotopic (exact) mass is 260 g/mol. The molecule has 0 bridgehead atoms. The highest BCUT2D eigenvalue weighted by atomic mass is 15.1. The van der Waals surface area contributed by atoms with Crippen LogP contribution in [0, 0.1) is 5.92 Å². The molecule has 106 valence electrons. The van der Waals surface area contributed by atoms with E-state index >= 15 is 0 Å². The molecule has 1 N–H and O–H groups in total. The molecule has 0 unspecified atom stereocenters. The Balaban J connectivity index is 1.95. The molecule has 0 heterocycles. The van der Waals surface area contributed by atoms with Gasteiger partial charge in [-0.15, -0.1) is 0 Å². The third-order valence-electron chi connectivity index (χ3n) is 3.88. The highest BCUT2D eigenvalue weighted by Crippen LogP contribution is 2.30. The summed E-state index contributed by atoms with van der Waals surface area (Å²) in [5.74, 6) is 0.965. The average Bonchev–Trinajstić information content (AvgIpc) is 3.20. The Kier molecular flexibility index (Phi) is 5.41. The van der Waals surface area contributed by atoms with Crippen molar-refractivity contribution in [2.24, 2.45) is 5.92 Å². The van der Waals surface area contributed by atoms with Crippen LogP contribution in [0.1, 0.15) is 44.7 Å². The minimum absolute atomic E-state index is 0.637. The maximum atomic E-state index is 3.40. The van der Waals surface area contributed by atoms with Crippen molar-refractivity contribution in [3.8, 4) is 0 Å². The van der Waals surface area contributed by atoms with Gasteiger partial charge in [0.2, 0.25) is 0 Å². The van der Waals surface area contributed by atoms with Gasteiger partial charge < -0.3 is 5.32 Å². The maximum absolute atomic E-state index is 3.40. The molecule has 0 atom stereocenters. The van der Waals surface area contributed by atoms with Crippen molar-refractivity contribution in [1.82, 2.24) is 10.2 Å². The van der Waals surface area contributed by atoms with Gasteiger partial charge in [-0.05, 0) is 50.3 Å². The van der Waals surface area contributed by atoms with Gasteiger partial charge in [0.05, 0.1) is 0 Å². The quantitative estimate of drug-likeness (QED) is 0.770. The van der Waals surface area contributed by atoms with Crippen molar-refractivity contribution in [1.29, 1.82) is 0 Å². The third-order valence-corrected chi connectivity index (χ3v) is 3.88. The smallest absolute Gasteiger partial charge is 0.0236 e. The van der Waals surface area contributed by atoms with Crippen LogP contribution in [-0.2, 0) is 13.1 Å². The molecule has 2 heteroatoms. The molecule has 1 aromatic rings. The third kappa shape index (κ3) is 4.96. The summed E-state index contributed by atoms with van der Waals surface area (Å²) in [7, 11) is 0. The maximum Gasteiger partial charge on any atom is 0.0236 e. The summed E-state index contributed by atoms with van der Waals surface area (Å²) in [4.78, 5) is 2.62. The fraction of sp³-hybridized carbons (Fsp3) is 0.647. The lowest BCUT2D eigenvalue weighted by Gasteiger charge is -2.26. The molecule has 1 fully saturated rings. The molecular weight excluding hydrogens is 232 g/mol. The molecule has 1 aliphatic carbocycles. The summed E-state index contributed by atoms with van der Waals surface area (Å²) in [6, 6.07) is 9.66. The summed E-state index contributed by atoms with van der Waals surface area (Å²) in [6.45, 7) is 11.2. The first-order valence-corrected chi connectivity index (χ1v) is 7.71. The van der Waals surface area contributed by atoms with Gasteiger partial charge in [-0.2, -0.15) is 0 Å². The van der Waals surface area contributed by atoms with Crippen LogP contribution in [0.15, 0.2) is 24.3 Å². The summed E-state index contributed by atoms with van der Waals surface area (Å²) >= 11 is 0. The summed E-state index contributed by atoms with van der Waals surface area (Å²) in [5.41, 5.74) is 2.85. The molecule has 1 aliphatic rings. The minimum Gasteiger partial charge on any atom is -0.313 e. The molecule has 0 aromatic heterocycles. The van der Waals surface area contributed by atoms with Gasteiger partial charge in [-0.3, -0.25) is 4.90 Å². The van der Waals surface area contributed by atoms with Crippen molar-refractivity contribution in [3.05, 3.63) is 35.4 Å². The summed E-state index contributed by atoms with van der Waals surface area (Å²) < 4.78 is 0. The zero-order valence-electron chi connectivity index (χ0n) is 12.7. The van der Waals surface area contributed by atoms with Crippen molar-refractivity contribution in [2.75, 3.05) is 13.1 Å². The number of nitrogens with zero attached hydrogens (tertiary/aromatic N) is 1. The largest absolute Gasteiger partial charge is 0.313 e. The van der Waals surface area contributed by atoms with Crippen molar-refractivity contribution in [3.63, 3.8) is 0 Å². The molecular formula is C17H28N2. The van der Waals surface area contributed by atoms with Gasteiger partial charge in [-0.25, -0.2) is 0 Å². The van der Waals surface area contributed by atoms with Crippen molar-refractivity contribution < 1.29 is 0 Å². The van der Waals surface area contributed by atoms with E-state index in [1.807, 2.05) is 0 Å². The van der Waals surface area contributed by atoms with Gasteiger partial charge in [-0.1, -0.05) is 31.2 Å². The first kappa shape index (κ1) is 14.5. The van der Waals surface area contributed by atoms with Crippen LogP contribution < -0.4 is 5.32 Å². The number of hydrogen-bond donors (Lipinski definition) is 1. The van der Waals surface area contributed by atoms with Crippen LogP contribution in [0.4, 0.5) is 0 Å². The van der Waals surface area contributed by atoms with E-state index in [1.54, 1.807) is 0 Å². The van der Waals surface area contributed by atoms with Crippen LogP contribution in [-0.4, -0.2) is 24.0 Å². The standard InChI is InChI=1S/C17H28N2/c1-4-18-11-16-6-5-7-17(10-16)13-19(14(2)3)12-15-8-9-15/h5-7,10,14-15,18H,4,8-9,11-13H2,1-3H3. The first-order chi connectivity index (χ1) is 9.19. The Bertz CT molecular complexity index is 383. The van der Waals surface area contributed by atoms with Crippen LogP contribution in [0.25, 0.3) is 0 Å². The van der Waals surface area contributed by atoms with E-state index in [-0.39, 0.29) is 0 Å². The van der Waals surface area contributed by atoms with Gasteiger partial charge >= 0.3 is 0 Å². The molecule has 0 radical (unpaired) electrons. The van der Waals surface area contributed by atoms with Gasteiger partial charge in [0.15, 0.2) is 0 Å². The second-order valence-electron chi connectivity index (χ2n) is 6.07. The summed E-state index contributed by atoms with van der Waals surface area (Å²) in [5, 5.41) is 3.40. The highest BCUT2D eigenvalue weighted by molar-refractivity contribution is 5.23. The summed E-state index contributed by atoms with van der Waals surface area (Å²) in [6.07, 6.45) is 2.87. The minimum atomic E-state index is 0.637. The van der Waals surface area contributed by atoms with Crippen molar-refractivity contribution >= 4 is 0 Å². The normalized spacial score (nSPS) is 15.4. The zero-order valence-corrected chi connectivity index (χ0v) is 12.7. The number of benzene rings is 1. The van der Waals surface area contributed by atoms with Crippen LogP contribution >= 0.6 is 0 Å². The number of nitrogens with one attached hydrogen (secondary N) is 1. The lowest BCUT2D eigenvalue weighted by atomic mass is 10.1. The molecule has 0 spiro atoms. The van der Waals surface area contributed by atoms with Crippen LogP contribution in [0.2, 0.25) is 0 Å². The highest BCUT2D eigenvalue weighted by Gasteiger charge is 2.25. The lowest BCUT2D eigenvalue weighted by molar-refractivity contribution is 0.204. The number of hydrogen-bond acceptors (Lipinski definition) is 2. The Hall–Kier alpha value is -0.860. The van der Waals surface area contributed by atoms with Gasteiger partial charge in [0.1, 0.15) is 0 Å². The molecule has 1 saturated carbocycles. The lowest BCUT2D eigenvalue weighted by Crippen LogP contribution is -2.32. The fourth-order valence-electron chi connectivity index (χ4n) is 2.43. The number of rotatable bonds is 8. The zero-order chi connectivity index (χ0) is 13.7. The predicted molar refractivity (Wildman–Crippen MR) is 82.1 cm³/mol. The van der Waals surface area contributed by atoms with E-state index in [0.717, 1.165) is 25.6 Å². The molecule has 1 aromatic carbocycles. The van der Waals surface area contributed by atoms with Crippen LogP contribution in [0.3, 0.4) is 0 Å². The molecule has 2 rings (SSSR count). The molecule has 0 amide bonds. The topological polar surface area (TPSA) is 15.3 Å². The Morgan fingerprint density at radius 2 is 2.00 bits per heavy atom. The Morgan fingerprint density at radius 3 is 2.63 bits per heavy atom. The van der Waals surface area contributed by atoms with E-state index in [9.17, 15) is 0 Å². The predicted octanol–water partition coefficient (Wildman–Crippen LogP) is 3.42. The fourth-order valence-corrected chi connectivity index (χ4v) is 2.43. The molecule has 19 heavy (non-hydrogen) atoms. The molecule has 0 aliphatic heterocycles. The molecule has 2 nitrogen and oxygen atoms in total. The van der Waals surface area contributed by atoms with Gasteiger partial charge in [0.25, 0.3) is 0 Å². The van der Waals surface area contributed by atoms with Crippen LogP contribution in [0.5, 0.6) is 0 Å². The van der Waals surface area contributed by atoms with E-state index < -0.39 is 0 Å². The average molecular weight is 260 g/mol. The van der Waals surface area contributed by atoms with Crippen molar-refractivity contribution in [2.45, 2.75) is 52.7 Å². The second-order valence-corrected chi connectivity index (χ2v) is 6.07. The van der Waals surface area contributed by atoms with E-state index in [4.69, 9.17) is 0 Å². The second kappa shape index (κ2) is 7.06.